The Kier molecular flexibility index (Phi) is 5.48. The molecule has 7 nitrogen and oxygen atoms in total. The summed E-state index contributed by atoms with van der Waals surface area (Å²) in [6.07, 6.45) is 0. The highest BCUT2D eigenvalue weighted by Gasteiger charge is 2.27. The van der Waals surface area contributed by atoms with Crippen LogP contribution in [-0.4, -0.2) is 43.4 Å². The summed E-state index contributed by atoms with van der Waals surface area (Å²) >= 11 is 1.34. The SMILES string of the molecule is CCOC(=O)c1c(C)[nH]c(C(=O)[C@H](C)Sc2nnc(C)n2C)c1C. The fourth-order valence-corrected chi connectivity index (χ4v) is 3.33. The van der Waals surface area contributed by atoms with Gasteiger partial charge in [0.25, 0.3) is 0 Å². The average molecular weight is 350 g/mol. The summed E-state index contributed by atoms with van der Waals surface area (Å²) < 4.78 is 6.90. The highest BCUT2D eigenvalue weighted by molar-refractivity contribution is 8.00. The van der Waals surface area contributed by atoms with Crippen LogP contribution in [0.4, 0.5) is 0 Å². The second kappa shape index (κ2) is 7.21. The molecule has 2 aromatic rings. The van der Waals surface area contributed by atoms with E-state index in [1.807, 2.05) is 25.5 Å². The van der Waals surface area contributed by atoms with E-state index in [2.05, 4.69) is 15.2 Å². The third-order valence-corrected chi connectivity index (χ3v) is 5.00. The lowest BCUT2D eigenvalue weighted by atomic mass is 10.1. The van der Waals surface area contributed by atoms with E-state index in [9.17, 15) is 9.59 Å². The number of carbonyl (C=O) groups excluding carboxylic acids is 2. The van der Waals surface area contributed by atoms with E-state index in [-0.39, 0.29) is 11.0 Å². The van der Waals surface area contributed by atoms with Crippen LogP contribution in [-0.2, 0) is 11.8 Å². The number of Topliss-reactive ketones (excluding diaryl/α,β-unsaturated/α-hetero) is 1. The monoisotopic (exact) mass is 350 g/mol. The molecule has 0 aliphatic rings. The number of nitrogens with one attached hydrogen (secondary N) is 1. The number of nitrogens with zero attached hydrogens (tertiary/aromatic N) is 3. The maximum absolute atomic E-state index is 12.8. The number of H-pyrrole nitrogens is 1. The Morgan fingerprint density at radius 1 is 1.29 bits per heavy atom. The van der Waals surface area contributed by atoms with E-state index >= 15 is 0 Å². The van der Waals surface area contributed by atoms with Gasteiger partial charge in [0.15, 0.2) is 10.9 Å². The van der Waals surface area contributed by atoms with Crippen molar-refractivity contribution in [2.45, 2.75) is 45.0 Å². The highest BCUT2D eigenvalue weighted by Crippen LogP contribution is 2.27. The number of ether oxygens (including phenoxy) is 1. The molecule has 0 saturated heterocycles. The molecule has 0 fully saturated rings. The number of carbonyl (C=O) groups is 2. The fraction of sp³-hybridized carbons (Fsp3) is 0.500. The molecular weight excluding hydrogens is 328 g/mol. The number of rotatable bonds is 6. The molecule has 0 bridgehead atoms. The van der Waals surface area contributed by atoms with Gasteiger partial charge in [-0.1, -0.05) is 11.8 Å². The number of esters is 1. The zero-order chi connectivity index (χ0) is 18.0. The Labute approximate surface area is 145 Å². The smallest absolute Gasteiger partial charge is 0.340 e. The Bertz CT molecular complexity index is 779. The van der Waals surface area contributed by atoms with Gasteiger partial charge in [-0.2, -0.15) is 0 Å². The number of ketones is 1. The predicted molar refractivity (Wildman–Crippen MR) is 91.6 cm³/mol. The van der Waals surface area contributed by atoms with Gasteiger partial charge in [0.2, 0.25) is 0 Å². The molecule has 0 aliphatic heterocycles. The zero-order valence-electron chi connectivity index (χ0n) is 14.8. The normalized spacial score (nSPS) is 12.2. The van der Waals surface area contributed by atoms with E-state index in [1.165, 1.54) is 11.8 Å². The first-order valence-electron chi connectivity index (χ1n) is 7.71. The molecule has 2 heterocycles. The van der Waals surface area contributed by atoms with Crippen molar-refractivity contribution >= 4 is 23.5 Å². The summed E-state index contributed by atoms with van der Waals surface area (Å²) in [4.78, 5) is 27.9. The second-order valence-electron chi connectivity index (χ2n) is 5.56. The number of thioether (sulfide) groups is 1. The van der Waals surface area contributed by atoms with E-state index in [4.69, 9.17) is 4.74 Å². The van der Waals surface area contributed by atoms with Gasteiger partial charge in [0.05, 0.1) is 23.1 Å². The number of aromatic nitrogens is 4. The van der Waals surface area contributed by atoms with Crippen LogP contribution in [0.3, 0.4) is 0 Å². The molecule has 0 unspecified atom stereocenters. The average Bonchev–Trinajstić information content (AvgIpc) is 3.00. The topological polar surface area (TPSA) is 89.9 Å². The van der Waals surface area contributed by atoms with Crippen LogP contribution in [0.15, 0.2) is 5.16 Å². The lowest BCUT2D eigenvalue weighted by molar-refractivity contribution is 0.0525. The first-order chi connectivity index (χ1) is 11.3. The molecule has 130 valence electrons. The molecule has 1 atom stereocenters. The third-order valence-electron chi connectivity index (χ3n) is 3.87. The van der Waals surface area contributed by atoms with Crippen LogP contribution in [0.5, 0.6) is 0 Å². The van der Waals surface area contributed by atoms with Crippen molar-refractivity contribution in [3.05, 3.63) is 28.3 Å². The number of aromatic amines is 1. The van der Waals surface area contributed by atoms with Crippen LogP contribution in [0.1, 0.15) is 51.8 Å². The molecule has 8 heteroatoms. The van der Waals surface area contributed by atoms with Crippen molar-refractivity contribution < 1.29 is 14.3 Å². The van der Waals surface area contributed by atoms with Gasteiger partial charge in [-0.15, -0.1) is 10.2 Å². The van der Waals surface area contributed by atoms with Crippen molar-refractivity contribution in [3.63, 3.8) is 0 Å². The minimum atomic E-state index is -0.410. The molecule has 1 N–H and O–H groups in total. The molecule has 2 rings (SSSR count). The predicted octanol–water partition coefficient (Wildman–Crippen LogP) is 2.61. The first kappa shape index (κ1) is 18.3. The second-order valence-corrected chi connectivity index (χ2v) is 6.87. The summed E-state index contributed by atoms with van der Waals surface area (Å²) in [6.45, 7) is 9.24. The Balaban J connectivity index is 2.25. The lowest BCUT2D eigenvalue weighted by Crippen LogP contribution is -2.16. The minimum Gasteiger partial charge on any atom is -0.462 e. The first-order valence-corrected chi connectivity index (χ1v) is 8.59. The van der Waals surface area contributed by atoms with Gasteiger partial charge in [-0.25, -0.2) is 4.79 Å². The maximum Gasteiger partial charge on any atom is 0.340 e. The van der Waals surface area contributed by atoms with Gasteiger partial charge in [0, 0.05) is 12.7 Å². The lowest BCUT2D eigenvalue weighted by Gasteiger charge is -2.09. The standard InChI is InChI=1S/C16H22N4O3S/c1-7-23-15(22)12-8(2)13(17-9(12)3)14(21)10(4)24-16-19-18-11(5)20(16)6/h10,17H,7H2,1-6H3/t10-/m0/s1. The fourth-order valence-electron chi connectivity index (χ4n) is 2.41. The summed E-state index contributed by atoms with van der Waals surface area (Å²) in [5, 5.41) is 8.38. The highest BCUT2D eigenvalue weighted by atomic mass is 32.2. The molecular formula is C16H22N4O3S. The van der Waals surface area contributed by atoms with Crippen LogP contribution in [0.25, 0.3) is 0 Å². The van der Waals surface area contributed by atoms with Gasteiger partial charge in [-0.3, -0.25) is 4.79 Å². The summed E-state index contributed by atoms with van der Waals surface area (Å²) in [6, 6.07) is 0. The van der Waals surface area contributed by atoms with E-state index in [1.54, 1.807) is 20.8 Å². The zero-order valence-corrected chi connectivity index (χ0v) is 15.6. The molecule has 0 radical (unpaired) electrons. The minimum absolute atomic E-state index is 0.0863. The molecule has 0 spiro atoms. The van der Waals surface area contributed by atoms with Crippen LogP contribution >= 0.6 is 11.8 Å². The largest absolute Gasteiger partial charge is 0.462 e. The van der Waals surface area contributed by atoms with Gasteiger partial charge < -0.3 is 14.3 Å². The number of hydrogen-bond acceptors (Lipinski definition) is 6. The molecule has 2 aromatic heterocycles. The van der Waals surface area contributed by atoms with E-state index in [0.717, 1.165) is 5.82 Å². The summed E-state index contributed by atoms with van der Waals surface area (Å²) in [7, 11) is 1.86. The quantitative estimate of drug-likeness (QED) is 0.489. The van der Waals surface area contributed by atoms with E-state index in [0.29, 0.717) is 34.3 Å². The van der Waals surface area contributed by atoms with Gasteiger partial charge in [0.1, 0.15) is 5.82 Å². The van der Waals surface area contributed by atoms with Gasteiger partial charge >= 0.3 is 5.97 Å². The Hall–Kier alpha value is -2.09. The Morgan fingerprint density at radius 3 is 2.50 bits per heavy atom. The number of aryl methyl sites for hydroxylation is 2. The van der Waals surface area contributed by atoms with E-state index < -0.39 is 5.97 Å². The van der Waals surface area contributed by atoms with Crippen molar-refractivity contribution in [3.8, 4) is 0 Å². The third kappa shape index (κ3) is 3.38. The molecule has 0 aromatic carbocycles. The molecule has 0 saturated carbocycles. The van der Waals surface area contributed by atoms with Crippen molar-refractivity contribution in [1.29, 1.82) is 0 Å². The van der Waals surface area contributed by atoms with Crippen LogP contribution < -0.4 is 0 Å². The molecule has 24 heavy (non-hydrogen) atoms. The van der Waals surface area contributed by atoms with Crippen LogP contribution in [0, 0.1) is 20.8 Å². The maximum atomic E-state index is 12.8. The summed E-state index contributed by atoms with van der Waals surface area (Å²) in [5.41, 5.74) is 2.14. The summed E-state index contributed by atoms with van der Waals surface area (Å²) in [5.74, 6) is 0.289. The molecule has 0 amide bonds. The van der Waals surface area contributed by atoms with Crippen LogP contribution in [0.2, 0.25) is 0 Å². The number of hydrogen-bond donors (Lipinski definition) is 1. The van der Waals surface area contributed by atoms with Crippen molar-refractivity contribution in [2.24, 2.45) is 7.05 Å². The molecule has 0 aliphatic carbocycles. The van der Waals surface area contributed by atoms with Gasteiger partial charge in [-0.05, 0) is 40.2 Å². The Morgan fingerprint density at radius 2 is 1.96 bits per heavy atom. The van der Waals surface area contributed by atoms with Crippen molar-refractivity contribution in [1.82, 2.24) is 19.7 Å². The van der Waals surface area contributed by atoms with Crippen molar-refractivity contribution in [2.75, 3.05) is 6.61 Å².